The molecular formula is C16H16N2. The fourth-order valence-electron chi connectivity index (χ4n) is 1.51. The van der Waals surface area contributed by atoms with E-state index >= 15 is 0 Å². The van der Waals surface area contributed by atoms with Crippen molar-refractivity contribution >= 4 is 6.72 Å². The first kappa shape index (κ1) is 13.7. The van der Waals surface area contributed by atoms with E-state index in [0.29, 0.717) is 12.0 Å². The number of allylic oxidation sites excluding steroid dienone is 4. The molecule has 0 amide bonds. The van der Waals surface area contributed by atoms with Crippen LogP contribution in [0.25, 0.3) is 0 Å². The Bertz CT molecular complexity index is 542. The standard InChI is InChI=1S/C16H16N2/c1-13(2)16(12-18-3)10-6-9-14-7-4-5-8-15(14)11-17/h4-8,10,12H,1,3,9H2,2H3/b10-6-,16-12+. The van der Waals surface area contributed by atoms with Crippen LogP contribution in [0.15, 0.2) is 65.3 Å². The summed E-state index contributed by atoms with van der Waals surface area (Å²) in [7, 11) is 0. The Morgan fingerprint density at radius 1 is 1.44 bits per heavy atom. The topological polar surface area (TPSA) is 36.1 Å². The van der Waals surface area contributed by atoms with Gasteiger partial charge in [0, 0.05) is 6.20 Å². The minimum absolute atomic E-state index is 0.713. The van der Waals surface area contributed by atoms with Gasteiger partial charge in [-0.05, 0) is 42.8 Å². The molecule has 0 atom stereocenters. The summed E-state index contributed by atoms with van der Waals surface area (Å²) in [6.45, 7) is 9.23. The van der Waals surface area contributed by atoms with Crippen LogP contribution < -0.4 is 0 Å². The molecule has 0 unspecified atom stereocenters. The predicted octanol–water partition coefficient (Wildman–Crippen LogP) is 3.82. The molecule has 0 fully saturated rings. The van der Waals surface area contributed by atoms with E-state index in [1.165, 1.54) is 0 Å². The molecule has 18 heavy (non-hydrogen) atoms. The summed E-state index contributed by atoms with van der Waals surface area (Å²) in [5, 5.41) is 8.98. The van der Waals surface area contributed by atoms with E-state index in [-0.39, 0.29) is 0 Å². The zero-order valence-corrected chi connectivity index (χ0v) is 10.6. The minimum atomic E-state index is 0.713. The molecule has 0 bridgehead atoms. The SMILES string of the molecule is C=N/C=C(\C=C/Cc1ccccc1C#N)C(=C)C. The van der Waals surface area contributed by atoms with Gasteiger partial charge in [-0.15, -0.1) is 0 Å². The summed E-state index contributed by atoms with van der Waals surface area (Å²) in [5.74, 6) is 0. The largest absolute Gasteiger partial charge is 0.272 e. The van der Waals surface area contributed by atoms with E-state index in [1.54, 1.807) is 6.20 Å². The summed E-state index contributed by atoms with van der Waals surface area (Å²) in [6.07, 6.45) is 6.34. The van der Waals surface area contributed by atoms with Gasteiger partial charge in [0.2, 0.25) is 0 Å². The molecular weight excluding hydrogens is 220 g/mol. The van der Waals surface area contributed by atoms with Gasteiger partial charge in [0.25, 0.3) is 0 Å². The van der Waals surface area contributed by atoms with Gasteiger partial charge >= 0.3 is 0 Å². The van der Waals surface area contributed by atoms with Crippen molar-refractivity contribution in [1.82, 2.24) is 0 Å². The first-order valence-electron chi connectivity index (χ1n) is 5.65. The molecule has 2 heteroatoms. The Morgan fingerprint density at radius 3 is 2.78 bits per heavy atom. The molecule has 2 nitrogen and oxygen atoms in total. The van der Waals surface area contributed by atoms with Crippen LogP contribution in [0.5, 0.6) is 0 Å². The highest BCUT2D eigenvalue weighted by Crippen LogP contribution is 2.12. The fraction of sp³-hybridized carbons (Fsp3) is 0.125. The van der Waals surface area contributed by atoms with Gasteiger partial charge < -0.3 is 0 Å². The average Bonchev–Trinajstić information content (AvgIpc) is 2.38. The van der Waals surface area contributed by atoms with Gasteiger partial charge in [-0.25, -0.2) is 0 Å². The van der Waals surface area contributed by atoms with E-state index in [0.717, 1.165) is 16.7 Å². The molecule has 0 aliphatic rings. The molecule has 1 aromatic rings. The molecule has 0 aliphatic heterocycles. The summed E-state index contributed by atoms with van der Waals surface area (Å²) in [6, 6.07) is 9.77. The summed E-state index contributed by atoms with van der Waals surface area (Å²) in [4.78, 5) is 3.74. The summed E-state index contributed by atoms with van der Waals surface area (Å²) in [5.41, 5.74) is 3.61. The number of hydrogen-bond donors (Lipinski definition) is 0. The van der Waals surface area contributed by atoms with Crippen LogP contribution in [-0.2, 0) is 6.42 Å². The Labute approximate surface area is 108 Å². The van der Waals surface area contributed by atoms with Gasteiger partial charge in [-0.3, -0.25) is 4.99 Å². The van der Waals surface area contributed by atoms with Gasteiger partial charge in [-0.1, -0.05) is 36.9 Å². The maximum atomic E-state index is 8.98. The number of rotatable bonds is 5. The zero-order valence-electron chi connectivity index (χ0n) is 10.6. The second-order valence-electron chi connectivity index (χ2n) is 3.92. The van der Waals surface area contributed by atoms with E-state index in [2.05, 4.69) is 24.4 Å². The number of aliphatic imine (C=N–C) groups is 1. The molecule has 1 aromatic carbocycles. The Morgan fingerprint density at radius 2 is 2.17 bits per heavy atom. The van der Waals surface area contributed by atoms with Crippen molar-refractivity contribution in [2.45, 2.75) is 13.3 Å². The average molecular weight is 236 g/mol. The van der Waals surface area contributed by atoms with Crippen LogP contribution in [0, 0.1) is 11.3 Å². The number of benzene rings is 1. The monoisotopic (exact) mass is 236 g/mol. The van der Waals surface area contributed by atoms with Crippen LogP contribution >= 0.6 is 0 Å². The van der Waals surface area contributed by atoms with E-state index in [4.69, 9.17) is 5.26 Å². The second kappa shape index (κ2) is 7.03. The lowest BCUT2D eigenvalue weighted by Crippen LogP contribution is -1.87. The van der Waals surface area contributed by atoms with Gasteiger partial charge in [0.05, 0.1) is 11.6 Å². The Kier molecular flexibility index (Phi) is 5.34. The van der Waals surface area contributed by atoms with Crippen LogP contribution in [0.4, 0.5) is 0 Å². The smallest absolute Gasteiger partial charge is 0.0994 e. The van der Waals surface area contributed by atoms with Crippen LogP contribution in [-0.4, -0.2) is 6.72 Å². The fourth-order valence-corrected chi connectivity index (χ4v) is 1.51. The first-order chi connectivity index (χ1) is 8.69. The van der Waals surface area contributed by atoms with Crippen molar-refractivity contribution in [3.05, 3.63) is 71.5 Å². The molecule has 0 radical (unpaired) electrons. The lowest BCUT2D eigenvalue weighted by Gasteiger charge is -2.00. The maximum Gasteiger partial charge on any atom is 0.0994 e. The van der Waals surface area contributed by atoms with Crippen LogP contribution in [0.1, 0.15) is 18.1 Å². The van der Waals surface area contributed by atoms with Crippen molar-refractivity contribution in [3.8, 4) is 6.07 Å². The molecule has 1 rings (SSSR count). The predicted molar refractivity (Wildman–Crippen MR) is 76.4 cm³/mol. The van der Waals surface area contributed by atoms with Crippen molar-refractivity contribution in [1.29, 1.82) is 5.26 Å². The molecule has 0 saturated carbocycles. The minimum Gasteiger partial charge on any atom is -0.272 e. The molecule has 0 aliphatic carbocycles. The Hall–Kier alpha value is -2.40. The molecule has 0 N–H and O–H groups in total. The van der Waals surface area contributed by atoms with Gasteiger partial charge in [0.1, 0.15) is 0 Å². The van der Waals surface area contributed by atoms with E-state index in [9.17, 15) is 0 Å². The van der Waals surface area contributed by atoms with E-state index in [1.807, 2.05) is 43.3 Å². The molecule has 0 spiro atoms. The van der Waals surface area contributed by atoms with Gasteiger partial charge in [0.15, 0.2) is 0 Å². The lowest BCUT2D eigenvalue weighted by molar-refractivity contribution is 1.24. The van der Waals surface area contributed by atoms with Crippen molar-refractivity contribution in [2.24, 2.45) is 4.99 Å². The van der Waals surface area contributed by atoms with Crippen molar-refractivity contribution < 1.29 is 0 Å². The van der Waals surface area contributed by atoms with Crippen LogP contribution in [0.3, 0.4) is 0 Å². The summed E-state index contributed by atoms with van der Waals surface area (Å²) < 4.78 is 0. The van der Waals surface area contributed by atoms with Crippen LogP contribution in [0.2, 0.25) is 0 Å². The molecule has 0 heterocycles. The second-order valence-corrected chi connectivity index (χ2v) is 3.92. The normalized spacial score (nSPS) is 11.2. The molecule has 0 aromatic heterocycles. The van der Waals surface area contributed by atoms with Gasteiger partial charge in [-0.2, -0.15) is 5.26 Å². The highest BCUT2D eigenvalue weighted by molar-refractivity contribution is 5.41. The third kappa shape index (κ3) is 3.88. The van der Waals surface area contributed by atoms with Crippen molar-refractivity contribution in [2.75, 3.05) is 0 Å². The number of hydrogen-bond acceptors (Lipinski definition) is 2. The van der Waals surface area contributed by atoms with Crippen molar-refractivity contribution in [3.63, 3.8) is 0 Å². The number of nitrogens with zero attached hydrogens (tertiary/aromatic N) is 2. The quantitative estimate of drug-likeness (QED) is 0.565. The number of nitriles is 1. The Balaban J connectivity index is 2.82. The highest BCUT2D eigenvalue weighted by atomic mass is 14.6. The zero-order chi connectivity index (χ0) is 13.4. The first-order valence-corrected chi connectivity index (χ1v) is 5.65. The lowest BCUT2D eigenvalue weighted by atomic mass is 10.0. The third-order valence-corrected chi connectivity index (χ3v) is 2.50. The maximum absolute atomic E-state index is 8.98. The molecule has 90 valence electrons. The highest BCUT2D eigenvalue weighted by Gasteiger charge is 1.98. The summed E-state index contributed by atoms with van der Waals surface area (Å²) >= 11 is 0. The molecule has 0 saturated heterocycles. The van der Waals surface area contributed by atoms with E-state index < -0.39 is 0 Å². The third-order valence-electron chi connectivity index (χ3n) is 2.50.